The van der Waals surface area contributed by atoms with Crippen LogP contribution in [0.15, 0.2) is 42.9 Å². The van der Waals surface area contributed by atoms with Gasteiger partial charge in [-0.05, 0) is 38.1 Å². The Morgan fingerprint density at radius 1 is 1.28 bits per heavy atom. The van der Waals surface area contributed by atoms with Gasteiger partial charge in [-0.3, -0.25) is 4.90 Å². The molecular formula is C19H22N4OS. The smallest absolute Gasteiger partial charge is 0.123 e. The van der Waals surface area contributed by atoms with E-state index < -0.39 is 0 Å². The number of benzene rings is 1. The van der Waals surface area contributed by atoms with E-state index >= 15 is 0 Å². The summed E-state index contributed by atoms with van der Waals surface area (Å²) in [6.45, 7) is 3.20. The van der Waals surface area contributed by atoms with Crippen molar-refractivity contribution >= 4 is 11.3 Å². The van der Waals surface area contributed by atoms with E-state index in [9.17, 15) is 0 Å². The van der Waals surface area contributed by atoms with E-state index in [1.54, 1.807) is 18.4 Å². The monoisotopic (exact) mass is 354 g/mol. The zero-order valence-corrected chi connectivity index (χ0v) is 15.1. The third-order valence-corrected chi connectivity index (χ3v) is 5.77. The molecule has 0 aliphatic carbocycles. The molecule has 2 aromatic heterocycles. The summed E-state index contributed by atoms with van der Waals surface area (Å²) >= 11 is 1.77. The molecule has 0 atom stereocenters. The molecule has 0 radical (unpaired) electrons. The summed E-state index contributed by atoms with van der Waals surface area (Å²) in [5.74, 6) is 2.58. The lowest BCUT2D eigenvalue weighted by Gasteiger charge is -2.30. The van der Waals surface area contributed by atoms with Gasteiger partial charge >= 0.3 is 0 Å². The Balaban J connectivity index is 1.37. The fraction of sp³-hybridized carbons (Fsp3) is 0.368. The summed E-state index contributed by atoms with van der Waals surface area (Å²) in [6.07, 6.45) is 8.10. The molecule has 5 nitrogen and oxygen atoms in total. The van der Waals surface area contributed by atoms with Gasteiger partial charge in [-0.1, -0.05) is 12.1 Å². The lowest BCUT2D eigenvalue weighted by molar-refractivity contribution is 0.203. The molecule has 1 aromatic carbocycles. The predicted molar refractivity (Wildman–Crippen MR) is 99.9 cm³/mol. The highest BCUT2D eigenvalue weighted by Gasteiger charge is 2.22. The van der Waals surface area contributed by atoms with Crippen molar-refractivity contribution in [3.63, 3.8) is 0 Å². The number of methoxy groups -OCH3 is 1. The first-order chi connectivity index (χ1) is 12.3. The third kappa shape index (κ3) is 3.75. The fourth-order valence-corrected chi connectivity index (χ4v) is 4.31. The van der Waals surface area contributed by atoms with Crippen molar-refractivity contribution in [2.24, 2.45) is 0 Å². The van der Waals surface area contributed by atoms with Crippen LogP contribution in [0.1, 0.15) is 29.5 Å². The highest BCUT2D eigenvalue weighted by molar-refractivity contribution is 7.15. The molecule has 6 heteroatoms. The Kier molecular flexibility index (Phi) is 4.81. The standard InChI is InChI=1S/C19H22N4OS/c1-24-16-4-2-3-15(11-16)19-22-12-17(25-19)13-23-9-5-14(6-10-23)18-20-7-8-21-18/h2-4,7-8,11-12,14H,5-6,9-10,13H2,1H3,(H,20,21). The molecule has 1 aliphatic rings. The van der Waals surface area contributed by atoms with Crippen molar-refractivity contribution in [2.45, 2.75) is 25.3 Å². The largest absolute Gasteiger partial charge is 0.497 e. The molecule has 0 saturated carbocycles. The number of ether oxygens (including phenoxy) is 1. The Morgan fingerprint density at radius 2 is 2.16 bits per heavy atom. The van der Waals surface area contributed by atoms with Gasteiger partial charge in [0.25, 0.3) is 0 Å². The second-order valence-electron chi connectivity index (χ2n) is 6.39. The average Bonchev–Trinajstić information content (AvgIpc) is 3.34. The summed E-state index contributed by atoms with van der Waals surface area (Å²) in [7, 11) is 1.69. The van der Waals surface area contributed by atoms with Crippen LogP contribution in [0.5, 0.6) is 5.75 Å². The van der Waals surface area contributed by atoms with Gasteiger partial charge < -0.3 is 9.72 Å². The second-order valence-corrected chi connectivity index (χ2v) is 7.50. The quantitative estimate of drug-likeness (QED) is 0.754. The van der Waals surface area contributed by atoms with Crippen LogP contribution in [0.2, 0.25) is 0 Å². The van der Waals surface area contributed by atoms with E-state index in [-0.39, 0.29) is 0 Å². The number of rotatable bonds is 5. The molecule has 0 amide bonds. The van der Waals surface area contributed by atoms with Crippen LogP contribution >= 0.6 is 11.3 Å². The van der Waals surface area contributed by atoms with Crippen molar-refractivity contribution in [1.29, 1.82) is 0 Å². The van der Waals surface area contributed by atoms with Crippen LogP contribution in [0.3, 0.4) is 0 Å². The minimum atomic E-state index is 0.569. The first-order valence-electron chi connectivity index (χ1n) is 8.62. The number of hydrogen-bond donors (Lipinski definition) is 1. The van der Waals surface area contributed by atoms with Crippen LogP contribution in [0.4, 0.5) is 0 Å². The van der Waals surface area contributed by atoms with Crippen LogP contribution in [0.25, 0.3) is 10.6 Å². The van der Waals surface area contributed by atoms with Crippen molar-refractivity contribution < 1.29 is 4.74 Å². The van der Waals surface area contributed by atoms with E-state index in [0.29, 0.717) is 5.92 Å². The van der Waals surface area contributed by atoms with Gasteiger partial charge in [-0.25, -0.2) is 9.97 Å². The van der Waals surface area contributed by atoms with E-state index in [0.717, 1.165) is 54.6 Å². The molecule has 3 aromatic rings. The number of nitrogens with zero attached hydrogens (tertiary/aromatic N) is 3. The normalized spacial score (nSPS) is 16.2. The van der Waals surface area contributed by atoms with E-state index in [1.807, 2.05) is 36.8 Å². The molecule has 1 aliphatic heterocycles. The number of aromatic amines is 1. The molecule has 3 heterocycles. The molecule has 1 N–H and O–H groups in total. The Labute approximate surface area is 151 Å². The number of likely N-dealkylation sites (tertiary alicyclic amines) is 1. The van der Waals surface area contributed by atoms with Crippen molar-refractivity contribution in [3.05, 3.63) is 53.6 Å². The molecular weight excluding hydrogens is 332 g/mol. The van der Waals surface area contributed by atoms with Crippen molar-refractivity contribution in [2.75, 3.05) is 20.2 Å². The number of nitrogens with one attached hydrogen (secondary N) is 1. The first kappa shape index (κ1) is 16.3. The number of imidazole rings is 1. The molecule has 130 valence electrons. The maximum Gasteiger partial charge on any atom is 0.123 e. The highest BCUT2D eigenvalue weighted by atomic mass is 32.1. The number of hydrogen-bond acceptors (Lipinski definition) is 5. The van der Waals surface area contributed by atoms with E-state index in [4.69, 9.17) is 4.74 Å². The van der Waals surface area contributed by atoms with Gasteiger partial charge in [-0.2, -0.15) is 0 Å². The molecule has 4 rings (SSSR count). The van der Waals surface area contributed by atoms with Crippen LogP contribution in [-0.4, -0.2) is 40.1 Å². The van der Waals surface area contributed by atoms with E-state index in [1.165, 1.54) is 4.88 Å². The number of piperidine rings is 1. The second kappa shape index (κ2) is 7.37. The van der Waals surface area contributed by atoms with Gasteiger partial charge in [0.05, 0.1) is 7.11 Å². The zero-order valence-electron chi connectivity index (χ0n) is 14.3. The molecule has 1 saturated heterocycles. The molecule has 1 fully saturated rings. The summed E-state index contributed by atoms with van der Waals surface area (Å²) in [6, 6.07) is 8.09. The summed E-state index contributed by atoms with van der Waals surface area (Å²) in [5, 5.41) is 1.05. The topological polar surface area (TPSA) is 54.0 Å². The van der Waals surface area contributed by atoms with Crippen molar-refractivity contribution in [1.82, 2.24) is 19.9 Å². The fourth-order valence-electron chi connectivity index (χ4n) is 3.36. The number of thiazole rings is 1. The molecule has 0 spiro atoms. The minimum Gasteiger partial charge on any atom is -0.497 e. The Hall–Kier alpha value is -2.18. The van der Waals surface area contributed by atoms with Crippen LogP contribution in [-0.2, 0) is 6.54 Å². The van der Waals surface area contributed by atoms with Gasteiger partial charge in [0, 0.05) is 41.5 Å². The average molecular weight is 354 g/mol. The lowest BCUT2D eigenvalue weighted by atomic mass is 9.96. The third-order valence-electron chi connectivity index (χ3n) is 4.74. The van der Waals surface area contributed by atoms with Crippen LogP contribution in [0, 0.1) is 0 Å². The Bertz CT molecular complexity index is 806. The van der Waals surface area contributed by atoms with Gasteiger partial charge in [-0.15, -0.1) is 11.3 Å². The molecule has 0 unspecified atom stereocenters. The molecule has 0 bridgehead atoms. The van der Waals surface area contributed by atoms with Gasteiger partial charge in [0.1, 0.15) is 16.6 Å². The predicted octanol–water partition coefficient (Wildman–Crippen LogP) is 3.92. The maximum absolute atomic E-state index is 5.31. The lowest BCUT2D eigenvalue weighted by Crippen LogP contribution is -2.32. The van der Waals surface area contributed by atoms with Crippen molar-refractivity contribution in [3.8, 4) is 16.3 Å². The summed E-state index contributed by atoms with van der Waals surface area (Å²) in [4.78, 5) is 16.1. The zero-order chi connectivity index (χ0) is 17.1. The molecule has 25 heavy (non-hydrogen) atoms. The highest BCUT2D eigenvalue weighted by Crippen LogP contribution is 2.30. The summed E-state index contributed by atoms with van der Waals surface area (Å²) < 4.78 is 5.31. The van der Waals surface area contributed by atoms with E-state index in [2.05, 4.69) is 25.9 Å². The van der Waals surface area contributed by atoms with Crippen LogP contribution < -0.4 is 4.74 Å². The van der Waals surface area contributed by atoms with Gasteiger partial charge in [0.15, 0.2) is 0 Å². The first-order valence-corrected chi connectivity index (χ1v) is 9.44. The maximum atomic E-state index is 5.31. The SMILES string of the molecule is COc1cccc(-c2ncc(CN3CCC(c4ncc[nH]4)CC3)s2)c1. The number of H-pyrrole nitrogens is 1. The Morgan fingerprint density at radius 3 is 2.92 bits per heavy atom. The summed E-state index contributed by atoms with van der Waals surface area (Å²) in [5.41, 5.74) is 1.12. The van der Waals surface area contributed by atoms with Gasteiger partial charge in [0.2, 0.25) is 0 Å². The minimum absolute atomic E-state index is 0.569. The number of aromatic nitrogens is 3.